The molecule has 0 bridgehead atoms. The Morgan fingerprint density at radius 2 is 0.712 bits per heavy atom. The summed E-state index contributed by atoms with van der Waals surface area (Å²) in [5, 5.41) is 4.39. The monoisotopic (exact) mass is 732 g/mol. The maximum atomic E-state index is 14.0. The molecule has 7 aromatic rings. The van der Waals surface area contributed by atoms with Gasteiger partial charge in [0.2, 0.25) is 0 Å². The summed E-state index contributed by atoms with van der Waals surface area (Å²) in [5.41, 5.74) is 11.3. The first-order valence-electron chi connectivity index (χ1n) is 15.3. The fraction of sp³-hybridized carbons (Fsp3) is 0. The fourth-order valence-electron chi connectivity index (χ4n) is 7.51. The third kappa shape index (κ3) is 4.05. The maximum Gasteiger partial charge on any atom is 0.296 e. The van der Waals surface area contributed by atoms with Crippen molar-refractivity contribution in [3.8, 4) is 0 Å². The van der Waals surface area contributed by atoms with Gasteiger partial charge in [-0.3, -0.25) is 28.3 Å². The van der Waals surface area contributed by atoms with Gasteiger partial charge in [-0.05, 0) is 93.0 Å². The summed E-state index contributed by atoms with van der Waals surface area (Å²) in [6.07, 6.45) is 0. The highest BCUT2D eigenvalue weighted by Gasteiger charge is 2.38. The van der Waals surface area contributed by atoms with Crippen LogP contribution in [0, 0.1) is 0 Å². The molecule has 4 amide bonds. The highest BCUT2D eigenvalue weighted by atomic mass is 32.2. The number of carbonyl (C=O) groups excluding carboxylic acids is 4. The van der Waals surface area contributed by atoms with E-state index in [1.165, 1.54) is 24.3 Å². The molecule has 2 aliphatic rings. The number of nitrogen functional groups attached to an aromatic ring is 2. The van der Waals surface area contributed by atoms with Crippen molar-refractivity contribution in [2.45, 2.75) is 9.79 Å². The van der Waals surface area contributed by atoms with E-state index in [9.17, 15) is 45.1 Å². The van der Waals surface area contributed by atoms with Crippen LogP contribution in [0.2, 0.25) is 0 Å². The summed E-state index contributed by atoms with van der Waals surface area (Å²) in [6.45, 7) is 0. The summed E-state index contributed by atoms with van der Waals surface area (Å²) in [6, 6.07) is 19.8. The molecule has 14 nitrogen and oxygen atoms in total. The van der Waals surface area contributed by atoms with Crippen molar-refractivity contribution in [3.05, 3.63) is 107 Å². The van der Waals surface area contributed by atoms with Gasteiger partial charge >= 0.3 is 0 Å². The van der Waals surface area contributed by atoms with E-state index in [-0.39, 0.29) is 45.0 Å². The van der Waals surface area contributed by atoms with Gasteiger partial charge in [-0.1, -0.05) is 24.3 Å². The molecule has 0 fully saturated rings. The number of anilines is 4. The molecule has 0 saturated carbocycles. The molecule has 256 valence electrons. The summed E-state index contributed by atoms with van der Waals surface area (Å²) in [5.74, 6) is -2.95. The first-order valence-corrected chi connectivity index (χ1v) is 18.2. The van der Waals surface area contributed by atoms with Crippen molar-refractivity contribution < 1.29 is 45.1 Å². The molecule has 0 aliphatic carbocycles. The Bertz CT molecular complexity index is 2810. The van der Waals surface area contributed by atoms with Crippen molar-refractivity contribution in [1.82, 2.24) is 0 Å². The Balaban J connectivity index is 1.25. The van der Waals surface area contributed by atoms with Gasteiger partial charge in [0.15, 0.2) is 0 Å². The molecule has 6 N–H and O–H groups in total. The van der Waals surface area contributed by atoms with E-state index >= 15 is 0 Å². The minimum Gasteiger partial charge on any atom is -0.398 e. The number of nitrogens with two attached hydrogens (primary N) is 2. The second-order valence-corrected chi connectivity index (χ2v) is 15.2. The fourth-order valence-corrected chi connectivity index (χ4v) is 8.78. The SMILES string of the molecule is Nc1ccc(N2C(=O)c3ccc4c5ccc6c7c(ccc(c8ccc(c3c48)C2=O)c75)C(=O)N(c2ccc(N)c(S(=O)(=O)O)c2)C6=O)cc1S(=O)(=O)O. The van der Waals surface area contributed by atoms with Gasteiger partial charge < -0.3 is 11.5 Å². The number of carbonyl (C=O) groups is 4. The average Bonchev–Trinajstić information content (AvgIpc) is 3.09. The van der Waals surface area contributed by atoms with Crippen molar-refractivity contribution >= 4 is 110 Å². The summed E-state index contributed by atoms with van der Waals surface area (Å²) >= 11 is 0. The third-order valence-corrected chi connectivity index (χ3v) is 11.5. The van der Waals surface area contributed by atoms with Crippen LogP contribution >= 0.6 is 0 Å². The van der Waals surface area contributed by atoms with Crippen LogP contribution in [0.1, 0.15) is 41.4 Å². The topological polar surface area (TPSA) is 236 Å². The maximum absolute atomic E-state index is 14.0. The molecule has 52 heavy (non-hydrogen) atoms. The molecule has 0 saturated heterocycles. The first kappa shape index (κ1) is 31.5. The molecule has 16 heteroatoms. The average molecular weight is 733 g/mol. The Labute approximate surface area is 292 Å². The normalized spacial score (nSPS) is 14.9. The van der Waals surface area contributed by atoms with Crippen molar-refractivity contribution in [2.24, 2.45) is 0 Å². The van der Waals surface area contributed by atoms with E-state index in [2.05, 4.69) is 0 Å². The molecule has 2 aliphatic heterocycles. The molecular formula is C36H20N4O10S2. The van der Waals surface area contributed by atoms with Crippen molar-refractivity contribution in [3.63, 3.8) is 0 Å². The summed E-state index contributed by atoms with van der Waals surface area (Å²) < 4.78 is 67.1. The Hall–Kier alpha value is -6.46. The van der Waals surface area contributed by atoms with Gasteiger partial charge in [-0.2, -0.15) is 16.8 Å². The largest absolute Gasteiger partial charge is 0.398 e. The third-order valence-electron chi connectivity index (χ3n) is 9.70. The zero-order valence-corrected chi connectivity index (χ0v) is 27.7. The van der Waals surface area contributed by atoms with Gasteiger partial charge in [-0.15, -0.1) is 0 Å². The van der Waals surface area contributed by atoms with E-state index in [1.807, 2.05) is 0 Å². The standard InChI is InChI=1S/C36H20N4O10S2/c37-25-11-1-15(13-27(25)51(45,46)47)39-33(41)21-7-3-17-19-5-9-23-32-24(10-6-20(30(19)32)18-4-8-22(34(39)42)31(21)29(17)18)36(44)40(35(23)43)16-2-12-26(38)28(14-16)52(48,49)50/h1-14H,37-38H2,(H,45,46,47)(H,48,49,50). The summed E-state index contributed by atoms with van der Waals surface area (Å²) in [7, 11) is -9.55. The predicted octanol–water partition coefficient (Wildman–Crippen LogP) is 5.00. The van der Waals surface area contributed by atoms with Crippen LogP contribution < -0.4 is 21.3 Å². The zero-order valence-electron chi connectivity index (χ0n) is 26.1. The zero-order chi connectivity index (χ0) is 36.8. The van der Waals surface area contributed by atoms with Crippen molar-refractivity contribution in [1.29, 1.82) is 0 Å². The molecule has 0 aromatic heterocycles. The quantitative estimate of drug-likeness (QED) is 0.0615. The number of benzene rings is 7. The van der Waals surface area contributed by atoms with Crippen LogP contribution in [-0.4, -0.2) is 49.6 Å². The van der Waals surface area contributed by atoms with E-state index < -0.39 is 53.7 Å². The van der Waals surface area contributed by atoms with Crippen LogP contribution in [0.5, 0.6) is 0 Å². The van der Waals surface area contributed by atoms with Gasteiger partial charge in [0, 0.05) is 33.0 Å². The molecule has 7 aromatic carbocycles. The number of rotatable bonds is 4. The minimum absolute atomic E-state index is 0.114. The van der Waals surface area contributed by atoms with Gasteiger partial charge in [0.25, 0.3) is 43.9 Å². The number of hydrogen-bond donors (Lipinski definition) is 4. The number of fused-ring (bicyclic) bond motifs is 2. The minimum atomic E-state index is -4.78. The lowest BCUT2D eigenvalue weighted by molar-refractivity contribution is 0.0877. The number of amides is 4. The summed E-state index contributed by atoms with van der Waals surface area (Å²) in [4.78, 5) is 56.3. The Morgan fingerprint density at radius 1 is 0.423 bits per heavy atom. The lowest BCUT2D eigenvalue weighted by Gasteiger charge is -2.30. The van der Waals surface area contributed by atoms with Crippen LogP contribution in [-0.2, 0) is 20.2 Å². The predicted molar refractivity (Wildman–Crippen MR) is 191 cm³/mol. The second kappa shape index (κ2) is 10.1. The van der Waals surface area contributed by atoms with E-state index in [4.69, 9.17) is 11.5 Å². The molecule has 0 spiro atoms. The van der Waals surface area contributed by atoms with Gasteiger partial charge in [0.1, 0.15) is 9.79 Å². The van der Waals surface area contributed by atoms with Gasteiger partial charge in [-0.25, -0.2) is 9.80 Å². The number of imide groups is 2. The highest BCUT2D eigenvalue weighted by Crippen LogP contribution is 2.47. The number of nitrogens with zero attached hydrogens (tertiary/aromatic N) is 2. The lowest BCUT2D eigenvalue weighted by atomic mass is 9.82. The Kier molecular flexibility index (Phi) is 6.11. The Morgan fingerprint density at radius 3 is 0.981 bits per heavy atom. The molecule has 0 unspecified atom stereocenters. The molecular weight excluding hydrogens is 713 g/mol. The smallest absolute Gasteiger partial charge is 0.296 e. The molecule has 2 heterocycles. The van der Waals surface area contributed by atoms with Crippen LogP contribution in [0.15, 0.2) is 94.7 Å². The highest BCUT2D eigenvalue weighted by molar-refractivity contribution is 7.86. The van der Waals surface area contributed by atoms with E-state index in [0.29, 0.717) is 43.1 Å². The molecule has 0 atom stereocenters. The van der Waals surface area contributed by atoms with E-state index in [1.54, 1.807) is 48.5 Å². The van der Waals surface area contributed by atoms with Gasteiger partial charge in [0.05, 0.1) is 22.7 Å². The first-order chi connectivity index (χ1) is 24.6. The van der Waals surface area contributed by atoms with E-state index in [0.717, 1.165) is 21.9 Å². The second-order valence-electron chi connectivity index (χ2n) is 12.4. The van der Waals surface area contributed by atoms with Crippen LogP contribution in [0.4, 0.5) is 22.7 Å². The lowest BCUT2D eigenvalue weighted by Crippen LogP contribution is -2.40. The van der Waals surface area contributed by atoms with Crippen LogP contribution in [0.3, 0.4) is 0 Å². The van der Waals surface area contributed by atoms with Crippen molar-refractivity contribution in [2.75, 3.05) is 21.3 Å². The molecule has 9 rings (SSSR count). The number of hydrogen-bond acceptors (Lipinski definition) is 10. The molecule has 0 radical (unpaired) electrons. The van der Waals surface area contributed by atoms with Crippen LogP contribution in [0.25, 0.3) is 43.1 Å².